The van der Waals surface area contributed by atoms with Gasteiger partial charge in [0.15, 0.2) is 0 Å². The summed E-state index contributed by atoms with van der Waals surface area (Å²) in [7, 11) is -0.579. The molecule has 0 radical (unpaired) electrons. The van der Waals surface area contributed by atoms with Crippen molar-refractivity contribution < 1.29 is 4.74 Å². The molecule has 0 heterocycles. The monoisotopic (exact) mass is 482 g/mol. The van der Waals surface area contributed by atoms with E-state index in [1.165, 1.54) is 18.3 Å². The van der Waals surface area contributed by atoms with Crippen LogP contribution in [0.15, 0.2) is 124 Å². The minimum absolute atomic E-state index is 0.579. The van der Waals surface area contributed by atoms with Crippen LogP contribution in [-0.4, -0.2) is 0 Å². The van der Waals surface area contributed by atoms with Crippen LogP contribution >= 0.6 is 33.5 Å². The molecule has 0 N–H and O–H groups in total. The van der Waals surface area contributed by atoms with E-state index in [4.69, 9.17) is 4.74 Å². The molecule has 3 heteroatoms. The van der Waals surface area contributed by atoms with E-state index in [0.29, 0.717) is 0 Å². The van der Waals surface area contributed by atoms with Gasteiger partial charge in [0.05, 0.1) is 0 Å². The lowest BCUT2D eigenvalue weighted by atomic mass is 10.3. The minimum atomic E-state index is -0.579. The summed E-state index contributed by atoms with van der Waals surface area (Å²) in [5.74, 6) is 1.72. The molecule has 0 amide bonds. The number of hydrogen-bond acceptors (Lipinski definition) is 1. The fourth-order valence-corrected chi connectivity index (χ4v) is 5.55. The van der Waals surface area contributed by atoms with Crippen molar-refractivity contribution in [3.05, 3.63) is 113 Å². The number of rotatable bonds is 5. The van der Waals surface area contributed by atoms with E-state index >= 15 is 0 Å². The van der Waals surface area contributed by atoms with Gasteiger partial charge < -0.3 is 4.74 Å². The summed E-state index contributed by atoms with van der Waals surface area (Å²) in [5, 5.41) is 0. The summed E-state index contributed by atoms with van der Waals surface area (Å²) in [6.45, 7) is 0. The van der Waals surface area contributed by atoms with Gasteiger partial charge in [-0.15, -0.1) is 0 Å². The molecule has 134 valence electrons. The largest absolute Gasteiger partial charge is 0.457 e. The van der Waals surface area contributed by atoms with Crippen LogP contribution in [0.5, 0.6) is 11.5 Å². The van der Waals surface area contributed by atoms with Gasteiger partial charge in [-0.25, -0.2) is 0 Å². The highest BCUT2D eigenvalue weighted by molar-refractivity contribution is 14.1. The quantitative estimate of drug-likeness (QED) is 0.228. The van der Waals surface area contributed by atoms with Gasteiger partial charge in [-0.1, -0.05) is 36.4 Å². The number of halogens is 1. The zero-order valence-electron chi connectivity index (χ0n) is 14.6. The average Bonchev–Trinajstić information content (AvgIpc) is 2.73. The highest BCUT2D eigenvalue weighted by Crippen LogP contribution is 2.51. The van der Waals surface area contributed by atoms with Crippen molar-refractivity contribution in [2.75, 3.05) is 0 Å². The molecule has 0 spiro atoms. The van der Waals surface area contributed by atoms with E-state index in [1.54, 1.807) is 0 Å². The Labute approximate surface area is 176 Å². The van der Waals surface area contributed by atoms with Crippen molar-refractivity contribution in [3.8, 4) is 11.5 Å². The molecular formula is C24H19IOS. The van der Waals surface area contributed by atoms with E-state index < -0.39 is 10.9 Å². The van der Waals surface area contributed by atoms with E-state index in [-0.39, 0.29) is 0 Å². The maximum Gasteiger partial charge on any atom is 0.127 e. The molecule has 0 saturated heterocycles. The van der Waals surface area contributed by atoms with Crippen LogP contribution < -0.4 is 4.74 Å². The fourth-order valence-electron chi connectivity index (χ4n) is 2.90. The van der Waals surface area contributed by atoms with Gasteiger partial charge in [0.25, 0.3) is 0 Å². The molecule has 4 rings (SSSR count). The highest BCUT2D eigenvalue weighted by atomic mass is 127. The lowest BCUT2D eigenvalue weighted by Gasteiger charge is -2.23. The Balaban J connectivity index is 1.64. The molecule has 4 aromatic rings. The van der Waals surface area contributed by atoms with E-state index in [1.807, 2.05) is 24.3 Å². The predicted octanol–water partition coefficient (Wildman–Crippen LogP) is 7.56. The third kappa shape index (κ3) is 4.54. The summed E-state index contributed by atoms with van der Waals surface area (Å²) in [4.78, 5) is 4.02. The molecule has 27 heavy (non-hydrogen) atoms. The first kappa shape index (κ1) is 18.1. The Hall–Kier alpha value is -2.24. The summed E-state index contributed by atoms with van der Waals surface area (Å²) < 4.78 is 7.18. The Bertz CT molecular complexity index is 944. The molecule has 0 aromatic heterocycles. The number of ether oxygens (including phenoxy) is 1. The van der Waals surface area contributed by atoms with Gasteiger partial charge >= 0.3 is 0 Å². The first-order valence-electron chi connectivity index (χ1n) is 8.73. The molecule has 0 unspecified atom stereocenters. The van der Waals surface area contributed by atoms with Crippen molar-refractivity contribution in [2.45, 2.75) is 14.7 Å². The Kier molecular flexibility index (Phi) is 5.80. The van der Waals surface area contributed by atoms with Crippen LogP contribution in [0.4, 0.5) is 0 Å². The lowest BCUT2D eigenvalue weighted by Crippen LogP contribution is -1.89. The first-order valence-corrected chi connectivity index (χ1v) is 11.2. The van der Waals surface area contributed by atoms with Crippen LogP contribution in [0, 0.1) is 3.57 Å². The third-order valence-corrected chi connectivity index (χ3v) is 7.34. The van der Waals surface area contributed by atoms with Gasteiger partial charge in [0.1, 0.15) is 11.5 Å². The smallest absolute Gasteiger partial charge is 0.127 e. The molecular weight excluding hydrogens is 463 g/mol. The minimum Gasteiger partial charge on any atom is -0.457 e. The fraction of sp³-hybridized carbons (Fsp3) is 0. The molecule has 0 bridgehead atoms. The van der Waals surface area contributed by atoms with Gasteiger partial charge in [-0.3, -0.25) is 0 Å². The van der Waals surface area contributed by atoms with Crippen LogP contribution in [0.1, 0.15) is 0 Å². The zero-order chi connectivity index (χ0) is 18.5. The number of benzene rings is 4. The number of thiol groups is 1. The number of hydrogen-bond donors (Lipinski definition) is 1. The molecule has 0 saturated carbocycles. The van der Waals surface area contributed by atoms with Gasteiger partial charge in [-0.2, -0.15) is 10.9 Å². The van der Waals surface area contributed by atoms with E-state index in [9.17, 15) is 0 Å². The molecule has 0 aliphatic heterocycles. The van der Waals surface area contributed by atoms with Crippen molar-refractivity contribution in [2.24, 2.45) is 0 Å². The third-order valence-electron chi connectivity index (χ3n) is 4.17. The van der Waals surface area contributed by atoms with Crippen molar-refractivity contribution >= 4 is 33.5 Å². The SMILES string of the molecule is Ic1ccc(Oc2ccc([SH](c3ccccc3)c3ccccc3)cc2)cc1. The second-order valence-electron chi connectivity index (χ2n) is 6.06. The molecule has 1 nitrogen and oxygen atoms in total. The second-order valence-corrected chi connectivity index (χ2v) is 9.52. The van der Waals surface area contributed by atoms with E-state index in [2.05, 4.69) is 108 Å². The summed E-state index contributed by atoms with van der Waals surface area (Å²) in [5.41, 5.74) is 0. The maximum absolute atomic E-state index is 5.98. The lowest BCUT2D eigenvalue weighted by molar-refractivity contribution is 0.482. The molecule has 0 aliphatic carbocycles. The van der Waals surface area contributed by atoms with Crippen LogP contribution in [0.25, 0.3) is 0 Å². The van der Waals surface area contributed by atoms with Crippen LogP contribution in [0.2, 0.25) is 0 Å². The maximum atomic E-state index is 5.98. The normalized spacial score (nSPS) is 11.1. The summed E-state index contributed by atoms with van der Waals surface area (Å²) in [6, 6.07) is 38.1. The van der Waals surface area contributed by atoms with Gasteiger partial charge in [0, 0.05) is 3.57 Å². The first-order chi connectivity index (χ1) is 13.3. The standard InChI is InChI=1S/C24H19IOS/c25-19-11-13-20(14-12-19)26-21-15-17-24(18-16-21)27(22-7-3-1-4-8-22)23-9-5-2-6-10-23/h1-18,27H. The Morgan fingerprint density at radius 2 is 0.889 bits per heavy atom. The van der Waals surface area contributed by atoms with Gasteiger partial charge in [0.2, 0.25) is 0 Å². The zero-order valence-corrected chi connectivity index (χ0v) is 17.7. The topological polar surface area (TPSA) is 9.23 Å². The highest BCUT2D eigenvalue weighted by Gasteiger charge is 2.12. The van der Waals surface area contributed by atoms with Crippen LogP contribution in [0.3, 0.4) is 0 Å². The van der Waals surface area contributed by atoms with Crippen molar-refractivity contribution in [3.63, 3.8) is 0 Å². The molecule has 0 aliphatic rings. The Morgan fingerprint density at radius 3 is 1.37 bits per heavy atom. The molecule has 4 aromatic carbocycles. The van der Waals surface area contributed by atoms with Crippen LogP contribution in [-0.2, 0) is 0 Å². The van der Waals surface area contributed by atoms with Crippen molar-refractivity contribution in [1.82, 2.24) is 0 Å². The van der Waals surface area contributed by atoms with E-state index in [0.717, 1.165) is 11.5 Å². The second kappa shape index (κ2) is 8.63. The van der Waals surface area contributed by atoms with Gasteiger partial charge in [-0.05, 0) is 110 Å². The molecule has 0 fully saturated rings. The van der Waals surface area contributed by atoms with Crippen molar-refractivity contribution in [1.29, 1.82) is 0 Å². The predicted molar refractivity (Wildman–Crippen MR) is 122 cm³/mol. The summed E-state index contributed by atoms with van der Waals surface area (Å²) >= 11 is 2.30. The summed E-state index contributed by atoms with van der Waals surface area (Å²) in [6.07, 6.45) is 0. The average molecular weight is 482 g/mol. The molecule has 0 atom stereocenters. The Morgan fingerprint density at radius 1 is 0.481 bits per heavy atom.